The molecule has 0 heterocycles. The third kappa shape index (κ3) is 4.47. The van der Waals surface area contributed by atoms with Crippen LogP contribution in [0.1, 0.15) is 38.8 Å². The Morgan fingerprint density at radius 1 is 1.37 bits per heavy atom. The molecule has 0 spiro atoms. The number of nitrogens with two attached hydrogens (primary N) is 1. The SMILES string of the molecule is CCN(Cc1cccc(N)c1C)C(=O)OC(C)(C)C. The molecule has 0 saturated heterocycles. The molecule has 1 rings (SSSR count). The maximum atomic E-state index is 12.1. The molecular weight excluding hydrogens is 240 g/mol. The second-order valence-corrected chi connectivity index (χ2v) is 5.63. The van der Waals surface area contributed by atoms with Gasteiger partial charge in [-0.05, 0) is 51.8 Å². The molecule has 1 aromatic rings. The number of benzene rings is 1. The summed E-state index contributed by atoms with van der Waals surface area (Å²) in [7, 11) is 0. The molecule has 4 nitrogen and oxygen atoms in total. The molecule has 0 aliphatic rings. The lowest BCUT2D eigenvalue weighted by atomic mass is 10.1. The first-order valence-electron chi connectivity index (χ1n) is 6.56. The second-order valence-electron chi connectivity index (χ2n) is 5.63. The van der Waals surface area contributed by atoms with E-state index in [1.807, 2.05) is 52.8 Å². The van der Waals surface area contributed by atoms with E-state index < -0.39 is 5.60 Å². The van der Waals surface area contributed by atoms with Crippen LogP contribution >= 0.6 is 0 Å². The topological polar surface area (TPSA) is 55.6 Å². The molecule has 0 bridgehead atoms. The fourth-order valence-electron chi connectivity index (χ4n) is 1.71. The van der Waals surface area contributed by atoms with Crippen molar-refractivity contribution in [3.8, 4) is 0 Å². The lowest BCUT2D eigenvalue weighted by Gasteiger charge is -2.27. The van der Waals surface area contributed by atoms with Crippen LogP contribution in [0.3, 0.4) is 0 Å². The average molecular weight is 264 g/mol. The van der Waals surface area contributed by atoms with Gasteiger partial charge >= 0.3 is 6.09 Å². The van der Waals surface area contributed by atoms with Crippen molar-refractivity contribution in [2.24, 2.45) is 0 Å². The molecule has 19 heavy (non-hydrogen) atoms. The van der Waals surface area contributed by atoms with Crippen LogP contribution < -0.4 is 5.73 Å². The largest absolute Gasteiger partial charge is 0.444 e. The molecule has 1 aromatic carbocycles. The van der Waals surface area contributed by atoms with E-state index >= 15 is 0 Å². The first-order valence-corrected chi connectivity index (χ1v) is 6.56. The molecule has 2 N–H and O–H groups in total. The lowest BCUT2D eigenvalue weighted by Crippen LogP contribution is -2.36. The quantitative estimate of drug-likeness (QED) is 0.852. The van der Waals surface area contributed by atoms with Gasteiger partial charge in [0.15, 0.2) is 0 Å². The monoisotopic (exact) mass is 264 g/mol. The first-order chi connectivity index (χ1) is 8.74. The van der Waals surface area contributed by atoms with E-state index in [4.69, 9.17) is 10.5 Å². The smallest absolute Gasteiger partial charge is 0.410 e. The van der Waals surface area contributed by atoms with Crippen LogP contribution in [0, 0.1) is 6.92 Å². The van der Waals surface area contributed by atoms with Crippen molar-refractivity contribution in [3.63, 3.8) is 0 Å². The summed E-state index contributed by atoms with van der Waals surface area (Å²) in [6.07, 6.45) is -0.295. The molecule has 0 aliphatic carbocycles. The Kier molecular flexibility index (Phi) is 4.81. The standard InChI is InChI=1S/C15H24N2O2/c1-6-17(14(18)19-15(3,4)5)10-12-8-7-9-13(16)11(12)2/h7-9H,6,10,16H2,1-5H3. The van der Waals surface area contributed by atoms with Gasteiger partial charge in [0.2, 0.25) is 0 Å². The number of hydrogen-bond acceptors (Lipinski definition) is 3. The molecule has 0 atom stereocenters. The van der Waals surface area contributed by atoms with Crippen LogP contribution in [0.4, 0.5) is 10.5 Å². The van der Waals surface area contributed by atoms with Crippen LogP contribution in [0.25, 0.3) is 0 Å². The molecule has 0 fully saturated rings. The summed E-state index contributed by atoms with van der Waals surface area (Å²) in [5.74, 6) is 0. The molecule has 0 aliphatic heterocycles. The average Bonchev–Trinajstić information content (AvgIpc) is 2.28. The van der Waals surface area contributed by atoms with Crippen molar-refractivity contribution in [2.75, 3.05) is 12.3 Å². The number of carbonyl (C=O) groups excluding carboxylic acids is 1. The number of amides is 1. The van der Waals surface area contributed by atoms with Crippen molar-refractivity contribution < 1.29 is 9.53 Å². The van der Waals surface area contributed by atoms with E-state index in [-0.39, 0.29) is 6.09 Å². The summed E-state index contributed by atoms with van der Waals surface area (Å²) in [5, 5.41) is 0. The molecule has 0 saturated carbocycles. The molecule has 106 valence electrons. The summed E-state index contributed by atoms with van der Waals surface area (Å²) >= 11 is 0. The molecule has 0 radical (unpaired) electrons. The third-order valence-electron chi connectivity index (χ3n) is 2.88. The number of carbonyl (C=O) groups is 1. The number of nitrogen functional groups attached to an aromatic ring is 1. The minimum Gasteiger partial charge on any atom is -0.444 e. The van der Waals surface area contributed by atoms with Gasteiger partial charge in [0.1, 0.15) is 5.60 Å². The van der Waals surface area contributed by atoms with E-state index in [0.717, 1.165) is 16.8 Å². The highest BCUT2D eigenvalue weighted by atomic mass is 16.6. The maximum absolute atomic E-state index is 12.1. The lowest BCUT2D eigenvalue weighted by molar-refractivity contribution is 0.0244. The van der Waals surface area contributed by atoms with E-state index in [1.165, 1.54) is 0 Å². The minimum absolute atomic E-state index is 0.295. The third-order valence-corrected chi connectivity index (χ3v) is 2.88. The zero-order valence-corrected chi connectivity index (χ0v) is 12.5. The maximum Gasteiger partial charge on any atom is 0.410 e. The number of hydrogen-bond donors (Lipinski definition) is 1. The first kappa shape index (κ1) is 15.3. The molecular formula is C15H24N2O2. The number of ether oxygens (including phenoxy) is 1. The van der Waals surface area contributed by atoms with Crippen LogP contribution in [0.15, 0.2) is 18.2 Å². The van der Waals surface area contributed by atoms with Gasteiger partial charge in [-0.3, -0.25) is 0 Å². The highest BCUT2D eigenvalue weighted by Crippen LogP contribution is 2.18. The Hall–Kier alpha value is -1.71. The summed E-state index contributed by atoms with van der Waals surface area (Å²) in [4.78, 5) is 13.7. The summed E-state index contributed by atoms with van der Waals surface area (Å²) in [6, 6.07) is 5.75. The van der Waals surface area contributed by atoms with E-state index in [2.05, 4.69) is 0 Å². The van der Waals surface area contributed by atoms with Crippen molar-refractivity contribution in [1.29, 1.82) is 0 Å². The van der Waals surface area contributed by atoms with Gasteiger partial charge in [0, 0.05) is 18.8 Å². The van der Waals surface area contributed by atoms with Gasteiger partial charge in [-0.2, -0.15) is 0 Å². The fraction of sp³-hybridized carbons (Fsp3) is 0.533. The Labute approximate surface area is 115 Å². The van der Waals surface area contributed by atoms with Crippen molar-refractivity contribution in [3.05, 3.63) is 29.3 Å². The van der Waals surface area contributed by atoms with Crippen molar-refractivity contribution in [2.45, 2.75) is 46.8 Å². The molecule has 1 amide bonds. The van der Waals surface area contributed by atoms with Crippen LogP contribution in [-0.2, 0) is 11.3 Å². The predicted octanol–water partition coefficient (Wildman–Crippen LogP) is 3.33. The minimum atomic E-state index is -0.477. The van der Waals surface area contributed by atoms with Gasteiger partial charge < -0.3 is 15.4 Å². The van der Waals surface area contributed by atoms with Gasteiger partial charge in [-0.15, -0.1) is 0 Å². The highest BCUT2D eigenvalue weighted by Gasteiger charge is 2.21. The zero-order chi connectivity index (χ0) is 14.6. The molecule has 4 heteroatoms. The second kappa shape index (κ2) is 5.95. The molecule has 0 aromatic heterocycles. The summed E-state index contributed by atoms with van der Waals surface area (Å²) in [6.45, 7) is 10.6. The van der Waals surface area contributed by atoms with E-state index in [9.17, 15) is 4.79 Å². The number of rotatable bonds is 3. The van der Waals surface area contributed by atoms with Gasteiger partial charge in [0.05, 0.1) is 0 Å². The Morgan fingerprint density at radius 2 is 2.00 bits per heavy atom. The summed E-state index contributed by atoms with van der Waals surface area (Å²) in [5.41, 5.74) is 8.22. The normalized spacial score (nSPS) is 11.2. The molecule has 0 unspecified atom stereocenters. The van der Waals surface area contributed by atoms with Crippen LogP contribution in [0.5, 0.6) is 0 Å². The van der Waals surface area contributed by atoms with Crippen LogP contribution in [-0.4, -0.2) is 23.1 Å². The van der Waals surface area contributed by atoms with Gasteiger partial charge in [-0.25, -0.2) is 4.79 Å². The van der Waals surface area contributed by atoms with E-state index in [0.29, 0.717) is 13.1 Å². The fourth-order valence-corrected chi connectivity index (χ4v) is 1.71. The van der Waals surface area contributed by atoms with Crippen LogP contribution in [0.2, 0.25) is 0 Å². The zero-order valence-electron chi connectivity index (χ0n) is 12.5. The van der Waals surface area contributed by atoms with Gasteiger partial charge in [-0.1, -0.05) is 12.1 Å². The Balaban J connectivity index is 2.82. The number of anilines is 1. The highest BCUT2D eigenvalue weighted by molar-refractivity contribution is 5.68. The summed E-state index contributed by atoms with van der Waals surface area (Å²) < 4.78 is 5.39. The van der Waals surface area contributed by atoms with E-state index in [1.54, 1.807) is 4.90 Å². The van der Waals surface area contributed by atoms with Crippen molar-refractivity contribution in [1.82, 2.24) is 4.90 Å². The van der Waals surface area contributed by atoms with Gasteiger partial charge in [0.25, 0.3) is 0 Å². The number of nitrogens with zero attached hydrogens (tertiary/aromatic N) is 1. The van der Waals surface area contributed by atoms with Crippen molar-refractivity contribution >= 4 is 11.8 Å². The predicted molar refractivity (Wildman–Crippen MR) is 77.9 cm³/mol. The Bertz CT molecular complexity index is 450. The Morgan fingerprint density at radius 3 is 2.53 bits per heavy atom.